The topological polar surface area (TPSA) is 33.2 Å². The van der Waals surface area contributed by atoms with Gasteiger partial charge in [-0.2, -0.15) is 0 Å². The first-order chi connectivity index (χ1) is 11.6. The summed E-state index contributed by atoms with van der Waals surface area (Å²) < 4.78 is 0. The van der Waals surface area contributed by atoms with Crippen LogP contribution in [0.1, 0.15) is 26.5 Å². The number of carbonyl (C=O) groups is 1. The molecule has 0 aliphatic rings. The highest BCUT2D eigenvalue weighted by atomic mass is 32.1. The smallest absolute Gasteiger partial charge is 0.265 e. The van der Waals surface area contributed by atoms with Crippen LogP contribution >= 0.6 is 11.3 Å². The fraction of sp³-hybridized carbons (Fsp3) is 0.200. The summed E-state index contributed by atoms with van der Waals surface area (Å²) in [5.74, 6) is 0.0236. The van der Waals surface area contributed by atoms with Crippen molar-refractivity contribution in [3.8, 4) is 10.6 Å². The molecule has 122 valence electrons. The Morgan fingerprint density at radius 3 is 2.42 bits per heavy atom. The van der Waals surface area contributed by atoms with Gasteiger partial charge in [0.25, 0.3) is 5.91 Å². The number of carbonyl (C=O) groups excluding carboxylic acids is 1. The van der Waals surface area contributed by atoms with E-state index in [0.717, 1.165) is 16.3 Å². The zero-order valence-electron chi connectivity index (χ0n) is 14.1. The molecule has 0 bridgehead atoms. The van der Waals surface area contributed by atoms with Crippen LogP contribution in [-0.2, 0) is 6.54 Å². The summed E-state index contributed by atoms with van der Waals surface area (Å²) in [5, 5.41) is 0.890. The van der Waals surface area contributed by atoms with Crippen LogP contribution < -0.4 is 0 Å². The molecule has 0 unspecified atom stereocenters. The molecule has 3 rings (SSSR count). The van der Waals surface area contributed by atoms with E-state index in [1.165, 1.54) is 22.5 Å². The third kappa shape index (κ3) is 3.39. The highest BCUT2D eigenvalue weighted by molar-refractivity contribution is 7.17. The van der Waals surface area contributed by atoms with Crippen LogP contribution in [0.4, 0.5) is 0 Å². The minimum Gasteiger partial charge on any atom is -0.337 e. The molecule has 24 heavy (non-hydrogen) atoms. The van der Waals surface area contributed by atoms with Gasteiger partial charge in [-0.3, -0.25) is 4.79 Å². The van der Waals surface area contributed by atoms with Gasteiger partial charge in [0.05, 0.1) is 5.69 Å². The molecule has 0 radical (unpaired) electrons. The Balaban J connectivity index is 1.82. The highest BCUT2D eigenvalue weighted by Crippen LogP contribution is 2.28. The van der Waals surface area contributed by atoms with E-state index < -0.39 is 0 Å². The molecule has 0 fully saturated rings. The number of aromatic nitrogens is 1. The van der Waals surface area contributed by atoms with Gasteiger partial charge >= 0.3 is 0 Å². The zero-order valence-corrected chi connectivity index (χ0v) is 14.9. The molecule has 0 aliphatic heterocycles. The molecule has 0 N–H and O–H groups in total. The highest BCUT2D eigenvalue weighted by Gasteiger charge is 2.20. The van der Waals surface area contributed by atoms with Gasteiger partial charge < -0.3 is 4.90 Å². The number of aryl methyl sites for hydroxylation is 2. The van der Waals surface area contributed by atoms with E-state index in [9.17, 15) is 4.79 Å². The summed E-state index contributed by atoms with van der Waals surface area (Å²) >= 11 is 1.46. The summed E-state index contributed by atoms with van der Waals surface area (Å²) in [4.78, 5) is 19.9. The second-order valence-corrected chi connectivity index (χ2v) is 6.89. The van der Waals surface area contributed by atoms with Gasteiger partial charge in [0, 0.05) is 19.2 Å². The standard InChI is InChI=1S/C20H20N2OS/c1-14-9-7-8-12-17(14)13-22(3)20(23)18-15(2)21-19(24-18)16-10-5-4-6-11-16/h4-12H,13H2,1-3H3. The number of amides is 1. The van der Waals surface area contributed by atoms with Gasteiger partial charge in [0.2, 0.25) is 0 Å². The van der Waals surface area contributed by atoms with Gasteiger partial charge in [-0.1, -0.05) is 54.6 Å². The Kier molecular flexibility index (Phi) is 4.76. The summed E-state index contributed by atoms with van der Waals surface area (Å²) in [7, 11) is 1.84. The van der Waals surface area contributed by atoms with Crippen molar-refractivity contribution in [2.75, 3.05) is 7.05 Å². The van der Waals surface area contributed by atoms with Crippen LogP contribution in [0.15, 0.2) is 54.6 Å². The Morgan fingerprint density at radius 1 is 1.04 bits per heavy atom. The van der Waals surface area contributed by atoms with Crippen LogP contribution in [0.5, 0.6) is 0 Å². The van der Waals surface area contributed by atoms with Crippen molar-refractivity contribution in [2.24, 2.45) is 0 Å². The number of hydrogen-bond donors (Lipinski definition) is 0. The van der Waals surface area contributed by atoms with E-state index >= 15 is 0 Å². The minimum atomic E-state index is 0.0236. The molecule has 0 spiro atoms. The van der Waals surface area contributed by atoms with E-state index in [1.807, 2.05) is 56.4 Å². The van der Waals surface area contributed by atoms with Crippen molar-refractivity contribution < 1.29 is 4.79 Å². The number of nitrogens with zero attached hydrogens (tertiary/aromatic N) is 2. The first-order valence-corrected chi connectivity index (χ1v) is 8.70. The summed E-state index contributed by atoms with van der Waals surface area (Å²) in [5.41, 5.74) is 4.20. The molecule has 1 amide bonds. The van der Waals surface area contributed by atoms with E-state index in [2.05, 4.69) is 24.0 Å². The van der Waals surface area contributed by atoms with Gasteiger partial charge in [-0.05, 0) is 25.0 Å². The van der Waals surface area contributed by atoms with Gasteiger partial charge in [0.15, 0.2) is 0 Å². The Morgan fingerprint density at radius 2 is 1.71 bits per heavy atom. The molecule has 0 aliphatic carbocycles. The van der Waals surface area contributed by atoms with Crippen LogP contribution in [-0.4, -0.2) is 22.8 Å². The average Bonchev–Trinajstić information content (AvgIpc) is 2.99. The van der Waals surface area contributed by atoms with E-state index in [0.29, 0.717) is 11.4 Å². The quantitative estimate of drug-likeness (QED) is 0.692. The lowest BCUT2D eigenvalue weighted by Crippen LogP contribution is -2.26. The summed E-state index contributed by atoms with van der Waals surface area (Å²) in [6.07, 6.45) is 0. The summed E-state index contributed by atoms with van der Waals surface area (Å²) in [6, 6.07) is 18.1. The molecule has 0 saturated heterocycles. The van der Waals surface area contributed by atoms with Gasteiger partial charge in [-0.25, -0.2) is 4.98 Å². The Labute approximate surface area is 146 Å². The zero-order chi connectivity index (χ0) is 17.1. The Hall–Kier alpha value is -2.46. The maximum Gasteiger partial charge on any atom is 0.265 e. The SMILES string of the molecule is Cc1ccccc1CN(C)C(=O)c1sc(-c2ccccc2)nc1C. The van der Waals surface area contributed by atoms with Crippen molar-refractivity contribution in [3.63, 3.8) is 0 Å². The molecular weight excluding hydrogens is 316 g/mol. The van der Waals surface area contributed by atoms with E-state index in [4.69, 9.17) is 0 Å². The van der Waals surface area contributed by atoms with Crippen molar-refractivity contribution in [2.45, 2.75) is 20.4 Å². The van der Waals surface area contributed by atoms with Crippen LogP contribution in [0.3, 0.4) is 0 Å². The van der Waals surface area contributed by atoms with Crippen molar-refractivity contribution in [3.05, 3.63) is 76.3 Å². The second kappa shape index (κ2) is 6.97. The first-order valence-electron chi connectivity index (χ1n) is 7.89. The van der Waals surface area contributed by atoms with E-state index in [-0.39, 0.29) is 5.91 Å². The number of hydrogen-bond acceptors (Lipinski definition) is 3. The molecule has 0 saturated carbocycles. The van der Waals surface area contributed by atoms with Crippen LogP contribution in [0.2, 0.25) is 0 Å². The average molecular weight is 336 g/mol. The van der Waals surface area contributed by atoms with Crippen molar-refractivity contribution in [1.29, 1.82) is 0 Å². The number of benzene rings is 2. The maximum atomic E-state index is 12.8. The number of rotatable bonds is 4. The molecule has 0 atom stereocenters. The minimum absolute atomic E-state index is 0.0236. The van der Waals surface area contributed by atoms with Gasteiger partial charge in [-0.15, -0.1) is 11.3 Å². The molecule has 1 heterocycles. The molecule has 4 heteroatoms. The lowest BCUT2D eigenvalue weighted by Gasteiger charge is -2.18. The van der Waals surface area contributed by atoms with Gasteiger partial charge in [0.1, 0.15) is 9.88 Å². The van der Waals surface area contributed by atoms with Crippen molar-refractivity contribution >= 4 is 17.2 Å². The maximum absolute atomic E-state index is 12.8. The van der Waals surface area contributed by atoms with Crippen LogP contribution in [0.25, 0.3) is 10.6 Å². The molecule has 2 aromatic carbocycles. The second-order valence-electron chi connectivity index (χ2n) is 5.89. The lowest BCUT2D eigenvalue weighted by molar-refractivity contribution is 0.0789. The Bertz CT molecular complexity index is 855. The predicted octanol–water partition coefficient (Wildman–Crippen LogP) is 4.70. The third-order valence-corrected chi connectivity index (χ3v) is 5.22. The van der Waals surface area contributed by atoms with Crippen molar-refractivity contribution in [1.82, 2.24) is 9.88 Å². The normalized spacial score (nSPS) is 10.6. The monoisotopic (exact) mass is 336 g/mol. The fourth-order valence-electron chi connectivity index (χ4n) is 2.59. The first kappa shape index (κ1) is 16.4. The number of thiazole rings is 1. The van der Waals surface area contributed by atoms with E-state index in [1.54, 1.807) is 4.90 Å². The fourth-order valence-corrected chi connectivity index (χ4v) is 3.65. The summed E-state index contributed by atoms with van der Waals surface area (Å²) in [6.45, 7) is 4.57. The molecule has 3 aromatic rings. The molecular formula is C20H20N2OS. The molecule has 1 aromatic heterocycles. The largest absolute Gasteiger partial charge is 0.337 e. The van der Waals surface area contributed by atoms with Crippen LogP contribution in [0, 0.1) is 13.8 Å². The predicted molar refractivity (Wildman–Crippen MR) is 99.3 cm³/mol. The lowest BCUT2D eigenvalue weighted by atomic mass is 10.1. The molecule has 3 nitrogen and oxygen atoms in total. The third-order valence-electron chi connectivity index (χ3n) is 4.03.